The van der Waals surface area contributed by atoms with Gasteiger partial charge in [-0.05, 0) is 62.0 Å². The van der Waals surface area contributed by atoms with E-state index >= 15 is 0 Å². The third-order valence-electron chi connectivity index (χ3n) is 4.02. The van der Waals surface area contributed by atoms with Crippen molar-refractivity contribution in [3.63, 3.8) is 0 Å². The van der Waals surface area contributed by atoms with Crippen LogP contribution in [-0.4, -0.2) is 56.2 Å². The summed E-state index contributed by atoms with van der Waals surface area (Å²) in [5.74, 6) is -0.0256. The van der Waals surface area contributed by atoms with Crippen LogP contribution < -0.4 is 10.6 Å². The van der Waals surface area contributed by atoms with E-state index in [-0.39, 0.29) is 5.56 Å². The number of aromatic carboxylic acids is 1. The van der Waals surface area contributed by atoms with E-state index in [1.54, 1.807) is 42.6 Å². The number of benzene rings is 1. The molecule has 0 bridgehead atoms. The second-order valence-electron chi connectivity index (χ2n) is 6.49. The van der Waals surface area contributed by atoms with Gasteiger partial charge in [-0.15, -0.1) is 17.9 Å². The van der Waals surface area contributed by atoms with Crippen molar-refractivity contribution in [1.29, 1.82) is 0 Å². The van der Waals surface area contributed by atoms with Crippen LogP contribution in [0.25, 0.3) is 0 Å². The molecule has 0 saturated heterocycles. The van der Waals surface area contributed by atoms with E-state index in [9.17, 15) is 4.79 Å². The Morgan fingerprint density at radius 1 is 1.25 bits per heavy atom. The highest BCUT2D eigenvalue weighted by atomic mass is 32.1. The van der Waals surface area contributed by atoms with Crippen LogP contribution in [-0.2, 0) is 4.79 Å². The van der Waals surface area contributed by atoms with Crippen LogP contribution >= 0.6 is 11.3 Å². The third kappa shape index (κ3) is 10.6. The Labute approximate surface area is 195 Å². The number of aldehydes is 1. The van der Waals surface area contributed by atoms with E-state index in [1.807, 2.05) is 56.6 Å². The van der Waals surface area contributed by atoms with Gasteiger partial charge in [0.15, 0.2) is 0 Å². The minimum Gasteiger partial charge on any atom is -0.478 e. The molecular formula is C24H34N4O3S. The minimum absolute atomic E-state index is 0.263. The summed E-state index contributed by atoms with van der Waals surface area (Å²) in [5, 5.41) is 18.6. The second-order valence-corrected chi connectivity index (χ2v) is 7.44. The van der Waals surface area contributed by atoms with Crippen molar-refractivity contribution in [3.8, 4) is 0 Å². The number of nitrogens with one attached hydrogen (secondary N) is 2. The van der Waals surface area contributed by atoms with Crippen LogP contribution in [0.3, 0.4) is 0 Å². The summed E-state index contributed by atoms with van der Waals surface area (Å²) >= 11 is 1.71. The molecule has 32 heavy (non-hydrogen) atoms. The van der Waals surface area contributed by atoms with Crippen molar-refractivity contribution in [2.24, 2.45) is 4.99 Å². The molecule has 0 aliphatic heterocycles. The maximum atomic E-state index is 10.9. The molecule has 0 fully saturated rings. The first-order valence-electron chi connectivity index (χ1n) is 9.92. The molecule has 2 aromatic rings. The highest BCUT2D eigenvalue weighted by molar-refractivity contribution is 7.14. The SMILES string of the molecule is C=CC/C(C(C)=NC)=C(\Nc1ccc(C(=O)O)cc1)N(C)C.CC=O.CNc1cccs1. The van der Waals surface area contributed by atoms with Gasteiger partial charge in [-0.25, -0.2) is 4.79 Å². The first kappa shape index (κ1) is 28.6. The van der Waals surface area contributed by atoms with Gasteiger partial charge in [-0.1, -0.05) is 6.08 Å². The van der Waals surface area contributed by atoms with Crippen LogP contribution in [0.5, 0.6) is 0 Å². The molecule has 0 aliphatic carbocycles. The molecule has 1 aromatic heterocycles. The summed E-state index contributed by atoms with van der Waals surface area (Å²) in [6.07, 6.45) is 3.28. The van der Waals surface area contributed by atoms with Crippen LogP contribution in [0.1, 0.15) is 30.6 Å². The lowest BCUT2D eigenvalue weighted by atomic mass is 10.1. The largest absolute Gasteiger partial charge is 0.478 e. The molecule has 2 rings (SSSR count). The number of allylic oxidation sites excluding steroid dienone is 2. The highest BCUT2D eigenvalue weighted by Gasteiger charge is 2.12. The number of anilines is 2. The molecule has 174 valence electrons. The summed E-state index contributed by atoms with van der Waals surface area (Å²) < 4.78 is 0. The van der Waals surface area contributed by atoms with Gasteiger partial charge in [0.1, 0.15) is 12.1 Å². The van der Waals surface area contributed by atoms with Crippen molar-refractivity contribution in [2.45, 2.75) is 20.3 Å². The molecule has 0 saturated carbocycles. The first-order valence-corrected chi connectivity index (χ1v) is 10.8. The van der Waals surface area contributed by atoms with Crippen molar-refractivity contribution in [2.75, 3.05) is 38.8 Å². The fraction of sp³-hybridized carbons (Fsp3) is 0.292. The number of aliphatic imine (C=N–C) groups is 1. The number of carboxylic acid groups (broad SMARTS) is 1. The van der Waals surface area contributed by atoms with Crippen molar-refractivity contribution < 1.29 is 14.7 Å². The average Bonchev–Trinajstić information content (AvgIpc) is 3.31. The monoisotopic (exact) mass is 458 g/mol. The fourth-order valence-corrected chi connectivity index (χ4v) is 2.98. The Morgan fingerprint density at radius 2 is 1.84 bits per heavy atom. The molecule has 0 amide bonds. The van der Waals surface area contributed by atoms with Gasteiger partial charge in [0.2, 0.25) is 0 Å². The highest BCUT2D eigenvalue weighted by Crippen LogP contribution is 2.19. The lowest BCUT2D eigenvalue weighted by Crippen LogP contribution is -2.23. The molecule has 0 unspecified atom stereocenters. The van der Waals surface area contributed by atoms with Gasteiger partial charge in [0.05, 0.1) is 10.6 Å². The number of rotatable bonds is 8. The van der Waals surface area contributed by atoms with Crippen molar-refractivity contribution in [1.82, 2.24) is 4.90 Å². The van der Waals surface area contributed by atoms with E-state index in [0.29, 0.717) is 6.42 Å². The van der Waals surface area contributed by atoms with Crippen molar-refractivity contribution in [3.05, 3.63) is 71.4 Å². The molecule has 0 spiro atoms. The van der Waals surface area contributed by atoms with E-state index in [0.717, 1.165) is 29.1 Å². The number of carboxylic acids is 1. The van der Waals surface area contributed by atoms with Gasteiger partial charge >= 0.3 is 5.97 Å². The second kappa shape index (κ2) is 16.3. The Balaban J connectivity index is 0.000000790. The minimum atomic E-state index is -0.934. The predicted octanol–water partition coefficient (Wildman–Crippen LogP) is 5.23. The molecule has 3 N–H and O–H groups in total. The number of nitrogens with zero attached hydrogens (tertiary/aromatic N) is 2. The Hall–Kier alpha value is -3.39. The van der Waals surface area contributed by atoms with Crippen LogP contribution in [0.2, 0.25) is 0 Å². The number of carbonyl (C=O) groups is 2. The lowest BCUT2D eigenvalue weighted by Gasteiger charge is -2.23. The summed E-state index contributed by atoms with van der Waals surface area (Å²) in [7, 11) is 7.57. The van der Waals surface area contributed by atoms with E-state index in [4.69, 9.17) is 9.90 Å². The zero-order valence-corrected chi connectivity index (χ0v) is 20.5. The lowest BCUT2D eigenvalue weighted by molar-refractivity contribution is -0.106. The maximum absolute atomic E-state index is 10.9. The summed E-state index contributed by atoms with van der Waals surface area (Å²) in [4.78, 5) is 25.9. The quantitative estimate of drug-likeness (QED) is 0.285. The summed E-state index contributed by atoms with van der Waals surface area (Å²) in [6.45, 7) is 7.20. The first-order chi connectivity index (χ1) is 15.2. The van der Waals surface area contributed by atoms with Crippen LogP contribution in [0, 0.1) is 0 Å². The average molecular weight is 459 g/mol. The van der Waals surface area contributed by atoms with Gasteiger partial charge in [0.25, 0.3) is 0 Å². The van der Waals surface area contributed by atoms with E-state index in [2.05, 4.69) is 22.2 Å². The topological polar surface area (TPSA) is 94.0 Å². The number of hydrogen-bond acceptors (Lipinski definition) is 7. The number of carbonyl (C=O) groups excluding carboxylic acids is 1. The van der Waals surface area contributed by atoms with Gasteiger partial charge in [0, 0.05) is 45.2 Å². The Bertz CT molecular complexity index is 886. The molecule has 1 heterocycles. The predicted molar refractivity (Wildman–Crippen MR) is 137 cm³/mol. The summed E-state index contributed by atoms with van der Waals surface area (Å²) in [6, 6.07) is 10.7. The zero-order chi connectivity index (χ0) is 24.5. The molecule has 0 aliphatic rings. The van der Waals surface area contributed by atoms with Crippen LogP contribution in [0.4, 0.5) is 10.7 Å². The fourth-order valence-electron chi connectivity index (χ4n) is 2.41. The number of thiophene rings is 1. The Morgan fingerprint density at radius 3 is 2.19 bits per heavy atom. The van der Waals surface area contributed by atoms with Gasteiger partial charge in [-0.2, -0.15) is 0 Å². The molecule has 7 nitrogen and oxygen atoms in total. The normalized spacial score (nSPS) is 10.9. The Kier molecular flexibility index (Phi) is 14.6. The third-order valence-corrected chi connectivity index (χ3v) is 4.90. The molecule has 0 radical (unpaired) electrons. The van der Waals surface area contributed by atoms with E-state index in [1.165, 1.54) is 11.9 Å². The van der Waals surface area contributed by atoms with Crippen LogP contribution in [0.15, 0.2) is 70.8 Å². The number of hydrogen-bond donors (Lipinski definition) is 3. The standard InChI is InChI=1S/C17H23N3O2.C5H7NS.C2H4O/c1-6-7-15(12(2)18-3)16(20(4)5)19-14-10-8-13(9-11-14)17(21)22;1-6-5-3-2-4-7-5;1-2-3/h6,8-11,19H,1,7H2,2-5H3,(H,21,22);2-4,6H,1H3;2H,1H3/b16-15-,18-12?;;. The van der Waals surface area contributed by atoms with Gasteiger partial charge in [-0.3, -0.25) is 4.99 Å². The van der Waals surface area contributed by atoms with Gasteiger partial charge < -0.3 is 25.4 Å². The molecule has 0 atom stereocenters. The zero-order valence-electron chi connectivity index (χ0n) is 19.7. The smallest absolute Gasteiger partial charge is 0.335 e. The van der Waals surface area contributed by atoms with E-state index < -0.39 is 5.97 Å². The maximum Gasteiger partial charge on any atom is 0.335 e. The summed E-state index contributed by atoms with van der Waals surface area (Å²) in [5.41, 5.74) is 3.06. The van der Waals surface area contributed by atoms with Crippen molar-refractivity contribution >= 4 is 40.0 Å². The molecule has 1 aromatic carbocycles. The molecular weight excluding hydrogens is 424 g/mol. The molecule has 8 heteroatoms.